The second-order valence-corrected chi connectivity index (χ2v) is 6.49. The van der Waals surface area contributed by atoms with E-state index >= 15 is 0 Å². The maximum absolute atomic E-state index is 13.6. The third kappa shape index (κ3) is 3.14. The van der Waals surface area contributed by atoms with E-state index in [1.165, 1.54) is 12.1 Å². The molecule has 0 bridgehead atoms. The summed E-state index contributed by atoms with van der Waals surface area (Å²) in [6, 6.07) is 15.5. The van der Waals surface area contributed by atoms with E-state index in [1.54, 1.807) is 24.6 Å². The topological polar surface area (TPSA) is 56.0 Å². The number of nitrogen functional groups attached to an aromatic ring is 1. The fourth-order valence-electron chi connectivity index (χ4n) is 2.49. The highest BCUT2D eigenvalue weighted by Gasteiger charge is 2.12. The summed E-state index contributed by atoms with van der Waals surface area (Å²) in [5.74, 6) is 0.0182. The summed E-state index contributed by atoms with van der Waals surface area (Å²) in [4.78, 5) is 4.88. The van der Waals surface area contributed by atoms with Crippen molar-refractivity contribution >= 4 is 16.6 Å². The Morgan fingerprint density at radius 1 is 1.04 bits per heavy atom. The van der Waals surface area contributed by atoms with Crippen LogP contribution in [0, 0.1) is 5.82 Å². The highest BCUT2D eigenvalue weighted by atomic mass is 32.2. The predicted octanol–water partition coefficient (Wildman–Crippen LogP) is 3.87. The number of hydrogen-bond donors (Lipinski definition) is 1. The van der Waals surface area contributed by atoms with Gasteiger partial charge < -0.3 is 5.73 Å². The van der Waals surface area contributed by atoms with E-state index in [1.807, 2.05) is 30.3 Å². The van der Waals surface area contributed by atoms with E-state index in [0.717, 1.165) is 16.0 Å². The van der Waals surface area contributed by atoms with Crippen LogP contribution in [-0.4, -0.2) is 15.4 Å². The van der Waals surface area contributed by atoms with Gasteiger partial charge in [-0.25, -0.2) is 9.37 Å². The van der Waals surface area contributed by atoms with Crippen LogP contribution in [0.25, 0.3) is 22.3 Å². The molecule has 2 N–H and O–H groups in total. The molecule has 0 fully saturated rings. The number of hydrogen-bond acceptors (Lipinski definition) is 3. The molecule has 23 heavy (non-hydrogen) atoms. The van der Waals surface area contributed by atoms with E-state index in [9.17, 15) is 8.60 Å². The van der Waals surface area contributed by atoms with Crippen molar-refractivity contribution in [1.29, 1.82) is 0 Å². The summed E-state index contributed by atoms with van der Waals surface area (Å²) < 4.78 is 25.1. The molecule has 1 atom stereocenters. The van der Waals surface area contributed by atoms with Crippen LogP contribution >= 0.6 is 0 Å². The Balaban J connectivity index is 2.17. The molecule has 1 aromatic heterocycles. The maximum atomic E-state index is 13.6. The smallest absolute Gasteiger partial charge is 0.131 e. The molecule has 0 amide bonds. The van der Waals surface area contributed by atoms with E-state index in [0.29, 0.717) is 16.9 Å². The van der Waals surface area contributed by atoms with E-state index < -0.39 is 10.8 Å². The predicted molar refractivity (Wildman–Crippen MR) is 91.8 cm³/mol. The summed E-state index contributed by atoms with van der Waals surface area (Å²) in [5, 5.41) is 0. The van der Waals surface area contributed by atoms with Gasteiger partial charge in [0.05, 0.1) is 0 Å². The second-order valence-electron chi connectivity index (χ2n) is 5.11. The molecule has 2 aromatic carbocycles. The van der Waals surface area contributed by atoms with Gasteiger partial charge in [0, 0.05) is 33.7 Å². The van der Waals surface area contributed by atoms with Gasteiger partial charge in [0.15, 0.2) is 0 Å². The molecule has 0 radical (unpaired) electrons. The molecule has 0 aliphatic carbocycles. The van der Waals surface area contributed by atoms with Crippen molar-refractivity contribution in [1.82, 2.24) is 4.98 Å². The molecule has 0 saturated carbocycles. The van der Waals surface area contributed by atoms with Crippen LogP contribution in [0.15, 0.2) is 65.7 Å². The first-order chi connectivity index (χ1) is 11.1. The van der Waals surface area contributed by atoms with Crippen molar-refractivity contribution in [3.8, 4) is 22.3 Å². The Labute approximate surface area is 136 Å². The molecule has 3 nitrogen and oxygen atoms in total. The summed E-state index contributed by atoms with van der Waals surface area (Å²) in [6.07, 6.45) is 3.26. The summed E-state index contributed by atoms with van der Waals surface area (Å²) in [7, 11) is -1.03. The average Bonchev–Trinajstić information content (AvgIpc) is 2.54. The van der Waals surface area contributed by atoms with Gasteiger partial charge in [-0.05, 0) is 47.0 Å². The fraction of sp³-hybridized carbons (Fsp3) is 0.0556. The molecule has 3 aromatic rings. The summed E-state index contributed by atoms with van der Waals surface area (Å²) in [5.41, 5.74) is 9.17. The molecule has 0 saturated heterocycles. The largest absolute Gasteiger partial charge is 0.383 e. The van der Waals surface area contributed by atoms with Gasteiger partial charge in [-0.2, -0.15) is 0 Å². The standard InChI is InChI=1S/C18H15FN2OS/c1-23(22)15-7-5-12(6-8-15)16-9-10-21-18(20)17(16)13-3-2-4-14(19)11-13/h2-11H,1H3,(H2,20,21). The minimum atomic E-state index is -1.03. The van der Waals surface area contributed by atoms with Crippen molar-refractivity contribution in [2.75, 3.05) is 12.0 Å². The zero-order valence-electron chi connectivity index (χ0n) is 12.5. The molecule has 116 valence electrons. The van der Waals surface area contributed by atoms with Crippen molar-refractivity contribution in [3.05, 3.63) is 66.6 Å². The third-order valence-corrected chi connectivity index (χ3v) is 4.53. The van der Waals surface area contributed by atoms with Crippen LogP contribution < -0.4 is 5.73 Å². The van der Waals surface area contributed by atoms with Crippen LogP contribution in [0.2, 0.25) is 0 Å². The number of benzene rings is 2. The number of anilines is 1. The molecule has 0 aliphatic rings. The first-order valence-electron chi connectivity index (χ1n) is 7.00. The van der Waals surface area contributed by atoms with Crippen LogP contribution in [0.1, 0.15) is 0 Å². The average molecular weight is 326 g/mol. The van der Waals surface area contributed by atoms with Gasteiger partial charge in [0.25, 0.3) is 0 Å². The minimum absolute atomic E-state index is 0.326. The van der Waals surface area contributed by atoms with Crippen LogP contribution in [0.4, 0.5) is 10.2 Å². The number of halogens is 1. The Bertz CT molecular complexity index is 878. The molecule has 1 heterocycles. The lowest BCUT2D eigenvalue weighted by Gasteiger charge is -2.12. The summed E-state index contributed by atoms with van der Waals surface area (Å²) in [6.45, 7) is 0. The number of pyridine rings is 1. The monoisotopic (exact) mass is 326 g/mol. The van der Waals surface area contributed by atoms with E-state index in [2.05, 4.69) is 4.98 Å². The molecular weight excluding hydrogens is 311 g/mol. The van der Waals surface area contributed by atoms with Crippen LogP contribution in [0.5, 0.6) is 0 Å². The van der Waals surface area contributed by atoms with Crippen molar-refractivity contribution < 1.29 is 8.60 Å². The van der Waals surface area contributed by atoms with Gasteiger partial charge in [0.1, 0.15) is 11.6 Å². The fourth-order valence-corrected chi connectivity index (χ4v) is 3.01. The Morgan fingerprint density at radius 2 is 1.78 bits per heavy atom. The molecule has 5 heteroatoms. The Kier molecular flexibility index (Phi) is 4.21. The highest BCUT2D eigenvalue weighted by Crippen LogP contribution is 2.35. The van der Waals surface area contributed by atoms with Crippen LogP contribution in [0.3, 0.4) is 0 Å². The lowest BCUT2D eigenvalue weighted by molar-refractivity contribution is 0.628. The Hall–Kier alpha value is -2.53. The highest BCUT2D eigenvalue weighted by molar-refractivity contribution is 7.84. The maximum Gasteiger partial charge on any atom is 0.131 e. The van der Waals surface area contributed by atoms with E-state index in [-0.39, 0.29) is 5.82 Å². The first kappa shape index (κ1) is 15.4. The lowest BCUT2D eigenvalue weighted by Crippen LogP contribution is -1.97. The zero-order valence-corrected chi connectivity index (χ0v) is 13.3. The summed E-state index contributed by atoms with van der Waals surface area (Å²) >= 11 is 0. The van der Waals surface area contributed by atoms with Crippen LogP contribution in [-0.2, 0) is 10.8 Å². The number of nitrogens with zero attached hydrogens (tertiary/aromatic N) is 1. The third-order valence-electron chi connectivity index (χ3n) is 3.59. The molecule has 0 spiro atoms. The Morgan fingerprint density at radius 3 is 2.43 bits per heavy atom. The number of rotatable bonds is 3. The quantitative estimate of drug-likeness (QED) is 0.795. The zero-order chi connectivity index (χ0) is 16.4. The second kappa shape index (κ2) is 6.30. The number of nitrogens with two attached hydrogens (primary N) is 1. The molecule has 1 unspecified atom stereocenters. The minimum Gasteiger partial charge on any atom is -0.383 e. The van der Waals surface area contributed by atoms with Gasteiger partial charge in [-0.15, -0.1) is 0 Å². The van der Waals surface area contributed by atoms with Gasteiger partial charge in [-0.3, -0.25) is 4.21 Å². The van der Waals surface area contributed by atoms with Gasteiger partial charge in [0.2, 0.25) is 0 Å². The lowest BCUT2D eigenvalue weighted by atomic mass is 9.95. The van der Waals surface area contributed by atoms with E-state index in [4.69, 9.17) is 5.73 Å². The molecular formula is C18H15FN2OS. The SMILES string of the molecule is CS(=O)c1ccc(-c2ccnc(N)c2-c2cccc(F)c2)cc1. The van der Waals surface area contributed by atoms with Crippen molar-refractivity contribution in [2.24, 2.45) is 0 Å². The van der Waals surface area contributed by atoms with Gasteiger partial charge >= 0.3 is 0 Å². The van der Waals surface area contributed by atoms with Crippen molar-refractivity contribution in [3.63, 3.8) is 0 Å². The molecule has 3 rings (SSSR count). The first-order valence-corrected chi connectivity index (χ1v) is 8.56. The normalized spacial score (nSPS) is 12.1. The number of aromatic nitrogens is 1. The van der Waals surface area contributed by atoms with Gasteiger partial charge in [-0.1, -0.05) is 24.3 Å². The molecule has 0 aliphatic heterocycles. The van der Waals surface area contributed by atoms with Crippen molar-refractivity contribution in [2.45, 2.75) is 4.90 Å².